The molecule has 1 N–H and O–H groups in total. The maximum atomic E-state index is 12.8. The lowest BCUT2D eigenvalue weighted by Crippen LogP contribution is -2.31. The molecule has 2 rings (SSSR count). The van der Waals surface area contributed by atoms with Crippen LogP contribution in [0.5, 0.6) is 5.75 Å². The van der Waals surface area contributed by atoms with Gasteiger partial charge in [0.05, 0.1) is 0 Å². The van der Waals surface area contributed by atoms with Gasteiger partial charge in [0.1, 0.15) is 31.3 Å². The largest absolute Gasteiger partial charge is 0.490 e. The maximum absolute atomic E-state index is 12.8. The van der Waals surface area contributed by atoms with Crippen molar-refractivity contribution in [2.75, 3.05) is 19.8 Å². The fourth-order valence-electron chi connectivity index (χ4n) is 1.86. The zero-order chi connectivity index (χ0) is 17.4. The summed E-state index contributed by atoms with van der Waals surface area (Å²) in [5, 5.41) is 2.41. The smallest absolute Gasteiger partial charge is 0.325 e. The van der Waals surface area contributed by atoms with Gasteiger partial charge in [-0.25, -0.2) is 4.39 Å². The van der Waals surface area contributed by atoms with Gasteiger partial charge < -0.3 is 14.8 Å². The van der Waals surface area contributed by atoms with Crippen molar-refractivity contribution in [1.82, 2.24) is 5.32 Å². The average molecular weight is 331 g/mol. The summed E-state index contributed by atoms with van der Waals surface area (Å²) in [5.41, 5.74) is 1.40. The normalized spacial score (nSPS) is 10.1. The van der Waals surface area contributed by atoms with Crippen molar-refractivity contribution in [1.29, 1.82) is 0 Å². The molecule has 6 heteroatoms. The number of aryl methyl sites for hydroxylation is 1. The lowest BCUT2D eigenvalue weighted by atomic mass is 10.2. The second-order valence-electron chi connectivity index (χ2n) is 5.07. The molecule has 0 unspecified atom stereocenters. The number of halogens is 1. The van der Waals surface area contributed by atoms with Crippen LogP contribution in [-0.4, -0.2) is 31.6 Å². The summed E-state index contributed by atoms with van der Waals surface area (Å²) in [7, 11) is 0. The van der Waals surface area contributed by atoms with Crippen LogP contribution in [0.4, 0.5) is 4.39 Å². The highest BCUT2D eigenvalue weighted by Crippen LogP contribution is 2.10. The van der Waals surface area contributed by atoms with E-state index >= 15 is 0 Å². The quantitative estimate of drug-likeness (QED) is 0.625. The van der Waals surface area contributed by atoms with Crippen molar-refractivity contribution in [2.45, 2.75) is 6.92 Å². The van der Waals surface area contributed by atoms with Crippen LogP contribution in [0, 0.1) is 12.7 Å². The number of carbonyl (C=O) groups excluding carboxylic acids is 2. The molecule has 0 heterocycles. The summed E-state index contributed by atoms with van der Waals surface area (Å²) >= 11 is 0. The lowest BCUT2D eigenvalue weighted by Gasteiger charge is -2.08. The molecule has 2 aromatic rings. The van der Waals surface area contributed by atoms with Crippen molar-refractivity contribution < 1.29 is 23.5 Å². The van der Waals surface area contributed by atoms with Crippen LogP contribution in [0.3, 0.4) is 0 Å². The van der Waals surface area contributed by atoms with Gasteiger partial charge in [0.2, 0.25) is 0 Å². The van der Waals surface area contributed by atoms with E-state index in [1.807, 2.05) is 31.2 Å². The van der Waals surface area contributed by atoms with Gasteiger partial charge >= 0.3 is 5.97 Å². The molecule has 1 amide bonds. The first kappa shape index (κ1) is 17.5. The van der Waals surface area contributed by atoms with Crippen LogP contribution >= 0.6 is 0 Å². The van der Waals surface area contributed by atoms with Crippen molar-refractivity contribution >= 4 is 11.9 Å². The molecule has 126 valence electrons. The minimum absolute atomic E-state index is 0.0825. The van der Waals surface area contributed by atoms with Crippen LogP contribution in [0.15, 0.2) is 48.5 Å². The fourth-order valence-corrected chi connectivity index (χ4v) is 1.86. The number of carbonyl (C=O) groups is 2. The summed E-state index contributed by atoms with van der Waals surface area (Å²) < 4.78 is 23.1. The Morgan fingerprint density at radius 1 is 1.00 bits per heavy atom. The van der Waals surface area contributed by atoms with Crippen molar-refractivity contribution in [3.63, 3.8) is 0 Å². The van der Waals surface area contributed by atoms with Gasteiger partial charge in [0.25, 0.3) is 5.91 Å². The molecule has 0 spiro atoms. The van der Waals surface area contributed by atoms with Crippen molar-refractivity contribution in [3.05, 3.63) is 65.5 Å². The Balaban J connectivity index is 1.63. The van der Waals surface area contributed by atoms with E-state index in [9.17, 15) is 14.0 Å². The molecule has 2 aromatic carbocycles. The Bertz CT molecular complexity index is 683. The summed E-state index contributed by atoms with van der Waals surface area (Å²) in [6.45, 7) is 2.02. The number of benzene rings is 2. The third kappa shape index (κ3) is 5.72. The Morgan fingerprint density at radius 2 is 1.67 bits per heavy atom. The van der Waals surface area contributed by atoms with E-state index in [0.717, 1.165) is 5.56 Å². The molecule has 0 radical (unpaired) electrons. The van der Waals surface area contributed by atoms with E-state index in [1.54, 1.807) is 0 Å². The van der Waals surface area contributed by atoms with E-state index in [0.29, 0.717) is 5.75 Å². The molecule has 5 nitrogen and oxygen atoms in total. The van der Waals surface area contributed by atoms with Crippen LogP contribution in [0.2, 0.25) is 0 Å². The topological polar surface area (TPSA) is 64.6 Å². The van der Waals surface area contributed by atoms with Crippen LogP contribution < -0.4 is 10.1 Å². The first-order valence-electron chi connectivity index (χ1n) is 7.43. The molecule has 0 aromatic heterocycles. The summed E-state index contributed by atoms with van der Waals surface area (Å²) in [4.78, 5) is 23.3. The van der Waals surface area contributed by atoms with Gasteiger partial charge in [0, 0.05) is 5.56 Å². The number of nitrogens with one attached hydrogen (secondary N) is 1. The number of rotatable bonds is 7. The molecule has 0 aliphatic carbocycles. The van der Waals surface area contributed by atoms with Crippen molar-refractivity contribution in [3.8, 4) is 5.75 Å². The second kappa shape index (κ2) is 8.67. The Kier molecular flexibility index (Phi) is 6.31. The molecular formula is C18H18FNO4. The minimum Gasteiger partial charge on any atom is -0.490 e. The Morgan fingerprint density at radius 3 is 2.33 bits per heavy atom. The number of hydrogen-bond acceptors (Lipinski definition) is 4. The van der Waals surface area contributed by atoms with E-state index in [-0.39, 0.29) is 25.3 Å². The van der Waals surface area contributed by atoms with E-state index in [2.05, 4.69) is 5.32 Å². The predicted molar refractivity (Wildman–Crippen MR) is 86.4 cm³/mol. The van der Waals surface area contributed by atoms with Gasteiger partial charge in [-0.05, 0) is 43.3 Å². The summed E-state index contributed by atoms with van der Waals surface area (Å²) in [5.74, 6) is -0.776. The second-order valence-corrected chi connectivity index (χ2v) is 5.07. The molecule has 0 fully saturated rings. The molecule has 0 saturated carbocycles. The van der Waals surface area contributed by atoms with Gasteiger partial charge in [-0.3, -0.25) is 9.59 Å². The third-order valence-electron chi connectivity index (χ3n) is 3.14. The van der Waals surface area contributed by atoms with Gasteiger partial charge in [-0.15, -0.1) is 0 Å². The number of esters is 1. The first-order valence-corrected chi connectivity index (χ1v) is 7.43. The number of hydrogen-bond donors (Lipinski definition) is 1. The van der Waals surface area contributed by atoms with Gasteiger partial charge in [-0.1, -0.05) is 17.7 Å². The molecule has 0 aliphatic rings. The highest BCUT2D eigenvalue weighted by Gasteiger charge is 2.09. The molecule has 24 heavy (non-hydrogen) atoms. The molecule has 0 aliphatic heterocycles. The number of amides is 1. The Labute approximate surface area is 139 Å². The van der Waals surface area contributed by atoms with Crippen LogP contribution in [0.1, 0.15) is 15.9 Å². The zero-order valence-corrected chi connectivity index (χ0v) is 13.3. The molecule has 0 bridgehead atoms. The summed E-state index contributed by atoms with van der Waals surface area (Å²) in [6, 6.07) is 12.5. The van der Waals surface area contributed by atoms with Crippen LogP contribution in [-0.2, 0) is 9.53 Å². The maximum Gasteiger partial charge on any atom is 0.325 e. The first-order chi connectivity index (χ1) is 11.5. The predicted octanol–water partition coefficient (Wildman–Crippen LogP) is 2.49. The highest BCUT2D eigenvalue weighted by molar-refractivity contribution is 5.95. The van der Waals surface area contributed by atoms with Crippen LogP contribution in [0.25, 0.3) is 0 Å². The third-order valence-corrected chi connectivity index (χ3v) is 3.14. The van der Waals surface area contributed by atoms with Crippen molar-refractivity contribution in [2.24, 2.45) is 0 Å². The monoisotopic (exact) mass is 331 g/mol. The van der Waals surface area contributed by atoms with E-state index in [4.69, 9.17) is 9.47 Å². The van der Waals surface area contributed by atoms with E-state index in [1.165, 1.54) is 24.3 Å². The molecule has 0 atom stereocenters. The van der Waals surface area contributed by atoms with E-state index < -0.39 is 17.7 Å². The average Bonchev–Trinajstić information content (AvgIpc) is 2.59. The fraction of sp³-hybridized carbons (Fsp3) is 0.222. The summed E-state index contributed by atoms with van der Waals surface area (Å²) in [6.07, 6.45) is 0. The van der Waals surface area contributed by atoms with Gasteiger partial charge in [0.15, 0.2) is 0 Å². The SMILES string of the molecule is Cc1ccc(OCCOC(=O)CNC(=O)c2ccc(F)cc2)cc1. The number of ether oxygens (including phenoxy) is 2. The minimum atomic E-state index is -0.571. The lowest BCUT2D eigenvalue weighted by molar-refractivity contribution is -0.143. The zero-order valence-electron chi connectivity index (χ0n) is 13.3. The highest BCUT2D eigenvalue weighted by atomic mass is 19.1. The molecule has 0 saturated heterocycles. The van der Waals surface area contributed by atoms with Gasteiger partial charge in [-0.2, -0.15) is 0 Å². The molecular weight excluding hydrogens is 313 g/mol. The standard InChI is InChI=1S/C18H18FNO4/c1-13-2-8-16(9-3-13)23-10-11-24-17(21)12-20-18(22)14-4-6-15(19)7-5-14/h2-9H,10-12H2,1H3,(H,20,22). The Hall–Kier alpha value is -2.89.